The van der Waals surface area contributed by atoms with E-state index in [9.17, 15) is 8.42 Å². The van der Waals surface area contributed by atoms with Crippen LogP contribution in [0.3, 0.4) is 0 Å². The fourth-order valence-electron chi connectivity index (χ4n) is 2.10. The molecule has 0 amide bonds. The third-order valence-corrected chi connectivity index (χ3v) is 5.02. The molecule has 7 heteroatoms. The topological polar surface area (TPSA) is 64.6 Å². The number of methoxy groups -OCH3 is 2. The van der Waals surface area contributed by atoms with Crippen molar-refractivity contribution < 1.29 is 17.9 Å². The number of halogens is 1. The van der Waals surface area contributed by atoms with Crippen LogP contribution in [-0.4, -0.2) is 22.6 Å². The van der Waals surface area contributed by atoms with Gasteiger partial charge in [-0.1, -0.05) is 23.7 Å². The predicted octanol–water partition coefficient (Wildman–Crippen LogP) is 3.47. The van der Waals surface area contributed by atoms with Gasteiger partial charge in [0.1, 0.15) is 16.4 Å². The first-order valence-corrected chi connectivity index (χ1v) is 8.25. The van der Waals surface area contributed by atoms with Gasteiger partial charge in [0.05, 0.1) is 24.9 Å². The van der Waals surface area contributed by atoms with Crippen molar-refractivity contribution in [3.05, 3.63) is 47.0 Å². The lowest BCUT2D eigenvalue weighted by molar-refractivity contribution is 0.390. The van der Waals surface area contributed by atoms with Gasteiger partial charge in [0, 0.05) is 5.56 Å². The zero-order valence-electron chi connectivity index (χ0n) is 12.4. The molecule has 0 radical (unpaired) electrons. The number of ether oxygens (including phenoxy) is 2. The van der Waals surface area contributed by atoms with Crippen LogP contribution >= 0.6 is 11.6 Å². The number of sulfonamides is 1. The van der Waals surface area contributed by atoms with E-state index in [1.165, 1.54) is 26.4 Å². The summed E-state index contributed by atoms with van der Waals surface area (Å²) in [5.74, 6) is 1.01. The second-order valence-corrected chi connectivity index (χ2v) is 6.57. The summed E-state index contributed by atoms with van der Waals surface area (Å²) in [4.78, 5) is 0.00666. The molecule has 22 heavy (non-hydrogen) atoms. The first-order chi connectivity index (χ1) is 10.4. The summed E-state index contributed by atoms with van der Waals surface area (Å²) < 4.78 is 37.9. The Hall–Kier alpha value is -1.92. The smallest absolute Gasteiger partial charge is 0.263 e. The highest BCUT2D eigenvalue weighted by atomic mass is 35.5. The molecule has 1 N–H and O–H groups in total. The number of hydrogen-bond donors (Lipinski definition) is 1. The van der Waals surface area contributed by atoms with Gasteiger partial charge in [0.25, 0.3) is 10.0 Å². The van der Waals surface area contributed by atoms with E-state index in [-0.39, 0.29) is 9.92 Å². The number of rotatable bonds is 5. The largest absolute Gasteiger partial charge is 0.496 e. The molecule has 0 aromatic heterocycles. The normalized spacial score (nSPS) is 11.1. The van der Waals surface area contributed by atoms with Crippen LogP contribution in [0, 0.1) is 6.92 Å². The van der Waals surface area contributed by atoms with Crippen LogP contribution in [0.1, 0.15) is 5.56 Å². The van der Waals surface area contributed by atoms with Gasteiger partial charge in [-0.05, 0) is 31.2 Å². The van der Waals surface area contributed by atoms with Gasteiger partial charge in [-0.2, -0.15) is 0 Å². The average Bonchev–Trinajstić information content (AvgIpc) is 2.47. The third kappa shape index (κ3) is 3.13. The maximum absolute atomic E-state index is 12.5. The minimum atomic E-state index is -3.82. The summed E-state index contributed by atoms with van der Waals surface area (Å²) in [5, 5.41) is 0.152. The molecule has 0 fully saturated rings. The highest BCUT2D eigenvalue weighted by Crippen LogP contribution is 2.36. The molecule has 0 spiro atoms. The molecule has 0 saturated carbocycles. The molecule has 0 atom stereocenters. The first-order valence-electron chi connectivity index (χ1n) is 6.39. The Labute approximate surface area is 134 Å². The van der Waals surface area contributed by atoms with E-state index in [0.717, 1.165) is 0 Å². The number of benzene rings is 2. The van der Waals surface area contributed by atoms with Gasteiger partial charge in [0.2, 0.25) is 0 Å². The SMILES string of the molecule is COc1ccc(NS(=O)(=O)c2ccccc2Cl)c(OC)c1C. The lowest BCUT2D eigenvalue weighted by Gasteiger charge is -2.16. The van der Waals surface area contributed by atoms with Gasteiger partial charge in [0.15, 0.2) is 0 Å². The van der Waals surface area contributed by atoms with E-state index in [2.05, 4.69) is 4.72 Å². The van der Waals surface area contributed by atoms with Crippen molar-refractivity contribution in [3.8, 4) is 11.5 Å². The molecule has 0 aliphatic rings. The van der Waals surface area contributed by atoms with Crippen LogP contribution in [0.4, 0.5) is 5.69 Å². The molecule has 5 nitrogen and oxygen atoms in total. The number of nitrogens with one attached hydrogen (secondary N) is 1. The van der Waals surface area contributed by atoms with Crippen LogP contribution in [0.25, 0.3) is 0 Å². The van der Waals surface area contributed by atoms with Crippen molar-refractivity contribution in [3.63, 3.8) is 0 Å². The van der Waals surface area contributed by atoms with Crippen molar-refractivity contribution in [1.29, 1.82) is 0 Å². The summed E-state index contributed by atoms with van der Waals surface area (Å²) >= 11 is 5.96. The molecule has 2 rings (SSSR count). The van der Waals surface area contributed by atoms with Crippen LogP contribution in [0.5, 0.6) is 11.5 Å². The lowest BCUT2D eigenvalue weighted by Crippen LogP contribution is -2.14. The zero-order chi connectivity index (χ0) is 16.3. The molecule has 0 aliphatic carbocycles. The van der Waals surface area contributed by atoms with E-state index in [0.29, 0.717) is 22.7 Å². The molecule has 0 unspecified atom stereocenters. The molecule has 0 bridgehead atoms. The fraction of sp³-hybridized carbons (Fsp3) is 0.200. The standard InChI is InChI=1S/C15H16ClNO4S/c1-10-13(20-2)9-8-12(15(10)21-3)17-22(18,19)14-7-5-4-6-11(14)16/h4-9,17H,1-3H3. The maximum atomic E-state index is 12.5. The fourth-order valence-corrected chi connectivity index (χ4v) is 3.68. The van der Waals surface area contributed by atoms with E-state index in [1.807, 2.05) is 0 Å². The quantitative estimate of drug-likeness (QED) is 0.904. The average molecular weight is 342 g/mol. The Morgan fingerprint density at radius 3 is 2.32 bits per heavy atom. The maximum Gasteiger partial charge on any atom is 0.263 e. The molecule has 0 aliphatic heterocycles. The third-order valence-electron chi connectivity index (χ3n) is 3.15. The van der Waals surface area contributed by atoms with Crippen molar-refractivity contribution >= 4 is 27.3 Å². The summed E-state index contributed by atoms with van der Waals surface area (Å²) in [6, 6.07) is 9.48. The Morgan fingerprint density at radius 1 is 1.05 bits per heavy atom. The van der Waals surface area contributed by atoms with E-state index in [1.54, 1.807) is 31.2 Å². The van der Waals surface area contributed by atoms with E-state index < -0.39 is 10.0 Å². The molecule has 118 valence electrons. The van der Waals surface area contributed by atoms with Gasteiger partial charge >= 0.3 is 0 Å². The van der Waals surface area contributed by atoms with Crippen molar-refractivity contribution in [2.75, 3.05) is 18.9 Å². The van der Waals surface area contributed by atoms with Gasteiger partial charge in [-0.15, -0.1) is 0 Å². The molecular formula is C15H16ClNO4S. The van der Waals surface area contributed by atoms with Crippen molar-refractivity contribution in [2.24, 2.45) is 0 Å². The minimum absolute atomic E-state index is 0.00666. The van der Waals surface area contributed by atoms with Crippen molar-refractivity contribution in [1.82, 2.24) is 0 Å². The molecule has 0 heterocycles. The molecule has 2 aromatic rings. The number of anilines is 1. The Balaban J connectivity index is 2.47. The second-order valence-electron chi connectivity index (χ2n) is 4.51. The first kappa shape index (κ1) is 16.5. The summed E-state index contributed by atoms with van der Waals surface area (Å²) in [6.07, 6.45) is 0. The van der Waals surface area contributed by atoms with Crippen molar-refractivity contribution in [2.45, 2.75) is 11.8 Å². The van der Waals surface area contributed by atoms with Crippen LogP contribution in [-0.2, 0) is 10.0 Å². The molecule has 0 saturated heterocycles. The summed E-state index contributed by atoms with van der Waals surface area (Å²) in [5.41, 5.74) is 1.02. The van der Waals surface area contributed by atoms with E-state index in [4.69, 9.17) is 21.1 Å². The van der Waals surface area contributed by atoms with Crippen LogP contribution in [0.15, 0.2) is 41.3 Å². The van der Waals surface area contributed by atoms with Gasteiger partial charge < -0.3 is 9.47 Å². The summed E-state index contributed by atoms with van der Waals surface area (Å²) in [6.45, 7) is 1.78. The predicted molar refractivity (Wildman–Crippen MR) is 86.5 cm³/mol. The molecular weight excluding hydrogens is 326 g/mol. The summed E-state index contributed by atoms with van der Waals surface area (Å²) in [7, 11) is -0.811. The Morgan fingerprint density at radius 2 is 1.73 bits per heavy atom. The second kappa shape index (κ2) is 6.46. The highest BCUT2D eigenvalue weighted by Gasteiger charge is 2.21. The minimum Gasteiger partial charge on any atom is -0.496 e. The zero-order valence-corrected chi connectivity index (χ0v) is 14.0. The molecule has 2 aromatic carbocycles. The van der Waals surface area contributed by atoms with Crippen LogP contribution < -0.4 is 14.2 Å². The van der Waals surface area contributed by atoms with Gasteiger partial charge in [-0.25, -0.2) is 8.42 Å². The number of hydrogen-bond acceptors (Lipinski definition) is 4. The Bertz CT molecular complexity index is 790. The lowest BCUT2D eigenvalue weighted by atomic mass is 10.2. The van der Waals surface area contributed by atoms with Crippen LogP contribution in [0.2, 0.25) is 5.02 Å². The highest BCUT2D eigenvalue weighted by molar-refractivity contribution is 7.92. The monoisotopic (exact) mass is 341 g/mol. The Kier molecular flexibility index (Phi) is 4.83. The van der Waals surface area contributed by atoms with Gasteiger partial charge in [-0.3, -0.25) is 4.72 Å². The van der Waals surface area contributed by atoms with E-state index >= 15 is 0 Å².